The lowest BCUT2D eigenvalue weighted by atomic mass is 9.84. The van der Waals surface area contributed by atoms with Crippen LogP contribution in [-0.2, 0) is 17.9 Å². The topological polar surface area (TPSA) is 60.0 Å². The zero-order valence-electron chi connectivity index (χ0n) is 19.0. The monoisotopic (exact) mass is 413 g/mol. The van der Waals surface area contributed by atoms with Crippen LogP contribution in [0.15, 0.2) is 29.3 Å². The first-order valence-corrected chi connectivity index (χ1v) is 11.6. The fraction of sp³-hybridized carbons (Fsp3) is 0.667. The van der Waals surface area contributed by atoms with Gasteiger partial charge in [-0.1, -0.05) is 37.1 Å². The quantitative estimate of drug-likeness (QED) is 0.508. The third kappa shape index (κ3) is 5.97. The first-order chi connectivity index (χ1) is 14.5. The maximum absolute atomic E-state index is 12.8. The lowest BCUT2D eigenvalue weighted by molar-refractivity contribution is -0.138. The van der Waals surface area contributed by atoms with E-state index < -0.39 is 0 Å². The van der Waals surface area contributed by atoms with Gasteiger partial charge in [-0.05, 0) is 56.8 Å². The minimum atomic E-state index is -0.295. The van der Waals surface area contributed by atoms with Crippen molar-refractivity contribution in [3.05, 3.63) is 35.4 Å². The number of carbonyl (C=O) groups excluding carboxylic acids is 1. The second kappa shape index (κ2) is 10.8. The highest BCUT2D eigenvalue weighted by Crippen LogP contribution is 2.38. The molecule has 2 N–H and O–H groups in total. The number of rotatable bonds is 8. The smallest absolute Gasteiger partial charge is 0.230 e. The van der Waals surface area contributed by atoms with Gasteiger partial charge in [0.2, 0.25) is 5.91 Å². The van der Waals surface area contributed by atoms with Gasteiger partial charge in [0.25, 0.3) is 0 Å². The fourth-order valence-corrected chi connectivity index (χ4v) is 4.71. The SMILES string of the molecule is CCNC(=NCc1ccc(CN2CCCC2)cc1)NCC1(C(=O)N(C)C)CCCC1. The van der Waals surface area contributed by atoms with Gasteiger partial charge >= 0.3 is 0 Å². The molecule has 166 valence electrons. The predicted molar refractivity (Wildman–Crippen MR) is 123 cm³/mol. The summed E-state index contributed by atoms with van der Waals surface area (Å²) in [6.07, 6.45) is 6.81. The molecule has 0 aromatic heterocycles. The standard InChI is InChI=1S/C24H39N5O/c1-4-25-23(27-19-24(13-5-6-14-24)22(30)28(2)3)26-17-20-9-11-21(12-10-20)18-29-15-7-8-16-29/h9-12H,4-8,13-19H2,1-3H3,(H2,25,26,27). The molecule has 2 fully saturated rings. The Morgan fingerprint density at radius 1 is 1.03 bits per heavy atom. The van der Waals surface area contributed by atoms with Crippen molar-refractivity contribution in [2.24, 2.45) is 10.4 Å². The number of amides is 1. The van der Waals surface area contributed by atoms with E-state index in [-0.39, 0.29) is 11.3 Å². The molecule has 0 spiro atoms. The molecule has 3 rings (SSSR count). The zero-order chi connectivity index (χ0) is 21.4. The Labute approximate surface area is 182 Å². The van der Waals surface area contributed by atoms with Gasteiger partial charge in [-0.25, -0.2) is 4.99 Å². The predicted octanol–water partition coefficient (Wildman–Crippen LogP) is 2.99. The maximum Gasteiger partial charge on any atom is 0.230 e. The molecule has 1 saturated heterocycles. The minimum Gasteiger partial charge on any atom is -0.357 e. The Balaban J connectivity index is 1.57. The summed E-state index contributed by atoms with van der Waals surface area (Å²) in [6.45, 7) is 7.65. The average Bonchev–Trinajstić information content (AvgIpc) is 3.43. The molecule has 0 radical (unpaired) electrons. The Kier molecular flexibility index (Phi) is 8.14. The number of benzene rings is 1. The summed E-state index contributed by atoms with van der Waals surface area (Å²) in [5.74, 6) is 1.02. The van der Waals surface area contributed by atoms with Gasteiger partial charge in [0.05, 0.1) is 12.0 Å². The Morgan fingerprint density at radius 3 is 2.27 bits per heavy atom. The van der Waals surface area contributed by atoms with Crippen LogP contribution in [0.4, 0.5) is 0 Å². The molecule has 1 saturated carbocycles. The van der Waals surface area contributed by atoms with Crippen molar-refractivity contribution < 1.29 is 4.79 Å². The first kappa shape index (κ1) is 22.6. The van der Waals surface area contributed by atoms with E-state index in [4.69, 9.17) is 4.99 Å². The van der Waals surface area contributed by atoms with Crippen LogP contribution in [0.3, 0.4) is 0 Å². The molecule has 30 heavy (non-hydrogen) atoms. The second-order valence-electron chi connectivity index (χ2n) is 9.04. The number of hydrogen-bond donors (Lipinski definition) is 2. The maximum atomic E-state index is 12.8. The van der Waals surface area contributed by atoms with Crippen molar-refractivity contribution in [3.63, 3.8) is 0 Å². The van der Waals surface area contributed by atoms with Gasteiger partial charge in [0.1, 0.15) is 0 Å². The second-order valence-corrected chi connectivity index (χ2v) is 9.04. The minimum absolute atomic E-state index is 0.233. The van der Waals surface area contributed by atoms with Crippen molar-refractivity contribution in [3.8, 4) is 0 Å². The van der Waals surface area contributed by atoms with Gasteiger partial charge in [-0.2, -0.15) is 0 Å². The van der Waals surface area contributed by atoms with E-state index in [1.807, 2.05) is 14.1 Å². The van der Waals surface area contributed by atoms with E-state index in [0.29, 0.717) is 13.1 Å². The van der Waals surface area contributed by atoms with E-state index in [2.05, 4.69) is 46.7 Å². The van der Waals surface area contributed by atoms with Crippen LogP contribution in [0.1, 0.15) is 56.6 Å². The van der Waals surface area contributed by atoms with Crippen LogP contribution < -0.4 is 10.6 Å². The third-order valence-corrected chi connectivity index (χ3v) is 6.41. The summed E-state index contributed by atoms with van der Waals surface area (Å²) < 4.78 is 0. The highest BCUT2D eigenvalue weighted by molar-refractivity contribution is 5.85. The molecular formula is C24H39N5O. The van der Waals surface area contributed by atoms with Crippen molar-refractivity contribution >= 4 is 11.9 Å². The van der Waals surface area contributed by atoms with Gasteiger partial charge in [0.15, 0.2) is 5.96 Å². The van der Waals surface area contributed by atoms with Crippen molar-refractivity contribution in [2.45, 2.75) is 58.5 Å². The molecule has 0 atom stereocenters. The summed E-state index contributed by atoms with van der Waals surface area (Å²) in [6, 6.07) is 8.83. The lowest BCUT2D eigenvalue weighted by Gasteiger charge is -2.31. The summed E-state index contributed by atoms with van der Waals surface area (Å²) >= 11 is 0. The lowest BCUT2D eigenvalue weighted by Crippen LogP contribution is -2.49. The molecule has 1 heterocycles. The fourth-order valence-electron chi connectivity index (χ4n) is 4.71. The number of guanidine groups is 1. The molecule has 0 unspecified atom stereocenters. The van der Waals surface area contributed by atoms with Crippen molar-refractivity contribution in [1.82, 2.24) is 20.4 Å². The molecule has 2 aliphatic rings. The van der Waals surface area contributed by atoms with E-state index in [1.54, 1.807) is 4.90 Å². The number of nitrogens with one attached hydrogen (secondary N) is 2. The van der Waals surface area contributed by atoms with Crippen LogP contribution in [0.2, 0.25) is 0 Å². The van der Waals surface area contributed by atoms with E-state index >= 15 is 0 Å². The summed E-state index contributed by atoms with van der Waals surface area (Å²) in [5, 5.41) is 6.78. The van der Waals surface area contributed by atoms with Crippen molar-refractivity contribution in [1.29, 1.82) is 0 Å². The van der Waals surface area contributed by atoms with Crippen LogP contribution in [0.5, 0.6) is 0 Å². The normalized spacial score (nSPS) is 19.1. The molecule has 1 aliphatic heterocycles. The largest absolute Gasteiger partial charge is 0.357 e. The molecule has 0 bridgehead atoms. The van der Waals surface area contributed by atoms with Gasteiger partial charge in [-0.3, -0.25) is 9.69 Å². The van der Waals surface area contributed by atoms with Gasteiger partial charge < -0.3 is 15.5 Å². The van der Waals surface area contributed by atoms with Crippen LogP contribution in [0.25, 0.3) is 0 Å². The Hall–Kier alpha value is -2.08. The number of nitrogens with zero attached hydrogens (tertiary/aromatic N) is 3. The van der Waals surface area contributed by atoms with Crippen LogP contribution in [-0.4, -0.2) is 61.9 Å². The van der Waals surface area contributed by atoms with Crippen LogP contribution in [0, 0.1) is 5.41 Å². The van der Waals surface area contributed by atoms with Gasteiger partial charge in [-0.15, -0.1) is 0 Å². The van der Waals surface area contributed by atoms with Crippen molar-refractivity contribution in [2.75, 3.05) is 40.3 Å². The number of aliphatic imine (C=N–C) groups is 1. The average molecular weight is 414 g/mol. The van der Waals surface area contributed by atoms with E-state index in [1.165, 1.54) is 37.1 Å². The van der Waals surface area contributed by atoms with E-state index in [9.17, 15) is 4.79 Å². The summed E-state index contributed by atoms with van der Waals surface area (Å²) in [5.41, 5.74) is 2.29. The number of carbonyl (C=O) groups is 1. The van der Waals surface area contributed by atoms with Crippen LogP contribution >= 0.6 is 0 Å². The Bertz CT molecular complexity index is 701. The summed E-state index contributed by atoms with van der Waals surface area (Å²) in [7, 11) is 3.71. The molecule has 1 aliphatic carbocycles. The highest BCUT2D eigenvalue weighted by atomic mass is 16.2. The van der Waals surface area contributed by atoms with E-state index in [0.717, 1.165) is 44.7 Å². The molecule has 1 amide bonds. The molecule has 6 heteroatoms. The molecule has 1 aromatic carbocycles. The van der Waals surface area contributed by atoms with Gasteiger partial charge in [0, 0.05) is 33.7 Å². The summed E-state index contributed by atoms with van der Waals surface area (Å²) in [4.78, 5) is 21.8. The number of hydrogen-bond acceptors (Lipinski definition) is 3. The zero-order valence-corrected chi connectivity index (χ0v) is 19.0. The number of likely N-dealkylation sites (tertiary alicyclic amines) is 1. The molecule has 6 nitrogen and oxygen atoms in total. The first-order valence-electron chi connectivity index (χ1n) is 11.6. The molecular weight excluding hydrogens is 374 g/mol. The molecule has 1 aromatic rings. The Morgan fingerprint density at radius 2 is 1.67 bits per heavy atom. The third-order valence-electron chi connectivity index (χ3n) is 6.41. The highest BCUT2D eigenvalue weighted by Gasteiger charge is 2.42.